The summed E-state index contributed by atoms with van der Waals surface area (Å²) in [5.41, 5.74) is 2.49. The van der Waals surface area contributed by atoms with Crippen molar-refractivity contribution in [1.29, 1.82) is 0 Å². The molecular weight excluding hydrogens is 380 g/mol. The highest BCUT2D eigenvalue weighted by Gasteiger charge is 2.23. The highest BCUT2D eigenvalue weighted by Crippen LogP contribution is 2.29. The van der Waals surface area contributed by atoms with Crippen LogP contribution < -0.4 is 5.32 Å². The van der Waals surface area contributed by atoms with E-state index in [1.807, 2.05) is 11.0 Å². The number of nitrogens with one attached hydrogen (secondary N) is 1. The van der Waals surface area contributed by atoms with Crippen molar-refractivity contribution in [2.45, 2.75) is 19.3 Å². The number of amides is 1. The van der Waals surface area contributed by atoms with E-state index in [1.165, 1.54) is 11.6 Å². The van der Waals surface area contributed by atoms with Crippen LogP contribution in [0.4, 0.5) is 11.4 Å². The maximum absolute atomic E-state index is 12.7. The molecule has 0 aliphatic carbocycles. The molecule has 0 radical (unpaired) electrons. The number of pyridine rings is 1. The van der Waals surface area contributed by atoms with E-state index in [0.29, 0.717) is 22.5 Å². The van der Waals surface area contributed by atoms with E-state index in [-0.39, 0.29) is 18.1 Å². The Kier molecular flexibility index (Phi) is 5.88. The van der Waals surface area contributed by atoms with Crippen LogP contribution in [-0.4, -0.2) is 40.3 Å². The van der Waals surface area contributed by atoms with Gasteiger partial charge in [-0.2, -0.15) is 0 Å². The van der Waals surface area contributed by atoms with Crippen molar-refractivity contribution >= 4 is 28.2 Å². The minimum Gasteiger partial charge on any atom is -0.374 e. The third-order valence-corrected chi connectivity index (χ3v) is 5.71. The number of non-ortho nitro benzene ring substituents is 1. The number of nitro groups is 1. The normalized spacial score (nSPS) is 14.6. The standard InChI is InChI=1S/C23H24N4O3/c28-22(26-13-10-18(11-14-26)15-17-5-2-1-3-6-17)16-25-20-8-9-21(27(29)30)19-7-4-12-24-23(19)20/h1-9,12,18,25H,10-11,13-16H2. The maximum atomic E-state index is 12.7. The topological polar surface area (TPSA) is 88.4 Å². The van der Waals surface area contributed by atoms with E-state index in [1.54, 1.807) is 24.4 Å². The number of anilines is 1. The van der Waals surface area contributed by atoms with Crippen molar-refractivity contribution in [2.24, 2.45) is 5.92 Å². The second-order valence-corrected chi connectivity index (χ2v) is 7.66. The molecule has 1 N–H and O–H groups in total. The lowest BCUT2D eigenvalue weighted by Gasteiger charge is -2.32. The first kappa shape index (κ1) is 19.8. The summed E-state index contributed by atoms with van der Waals surface area (Å²) in [6, 6.07) is 16.9. The van der Waals surface area contributed by atoms with Crippen LogP contribution in [0.5, 0.6) is 0 Å². The lowest BCUT2D eigenvalue weighted by atomic mass is 9.90. The van der Waals surface area contributed by atoms with E-state index >= 15 is 0 Å². The van der Waals surface area contributed by atoms with Crippen molar-refractivity contribution in [2.75, 3.05) is 25.0 Å². The Morgan fingerprint density at radius 1 is 1.10 bits per heavy atom. The Labute approximate surface area is 174 Å². The summed E-state index contributed by atoms with van der Waals surface area (Å²) < 4.78 is 0. The van der Waals surface area contributed by atoms with Gasteiger partial charge in [0.1, 0.15) is 5.52 Å². The van der Waals surface area contributed by atoms with Crippen molar-refractivity contribution in [3.8, 4) is 0 Å². The van der Waals surface area contributed by atoms with Gasteiger partial charge < -0.3 is 10.2 Å². The van der Waals surface area contributed by atoms with Crippen molar-refractivity contribution in [1.82, 2.24) is 9.88 Å². The van der Waals surface area contributed by atoms with E-state index in [9.17, 15) is 14.9 Å². The molecule has 2 aromatic carbocycles. The number of rotatable bonds is 6. The summed E-state index contributed by atoms with van der Waals surface area (Å²) in [5, 5.41) is 14.8. The smallest absolute Gasteiger partial charge is 0.278 e. The summed E-state index contributed by atoms with van der Waals surface area (Å²) in [6.45, 7) is 1.67. The average molecular weight is 404 g/mol. The highest BCUT2D eigenvalue weighted by atomic mass is 16.6. The molecule has 1 aromatic heterocycles. The average Bonchev–Trinajstić information content (AvgIpc) is 2.78. The Balaban J connectivity index is 1.34. The Morgan fingerprint density at radius 2 is 1.87 bits per heavy atom. The van der Waals surface area contributed by atoms with E-state index < -0.39 is 4.92 Å². The Bertz CT molecular complexity index is 1050. The van der Waals surface area contributed by atoms with E-state index in [2.05, 4.69) is 34.6 Å². The highest BCUT2D eigenvalue weighted by molar-refractivity contribution is 5.97. The molecule has 154 valence electrons. The number of benzene rings is 2. The monoisotopic (exact) mass is 404 g/mol. The summed E-state index contributed by atoms with van der Waals surface area (Å²) in [4.78, 5) is 29.7. The third kappa shape index (κ3) is 4.40. The van der Waals surface area contributed by atoms with Crippen LogP contribution in [0.25, 0.3) is 10.9 Å². The van der Waals surface area contributed by atoms with Gasteiger partial charge >= 0.3 is 0 Å². The molecule has 1 aliphatic heterocycles. The van der Waals surface area contributed by atoms with Gasteiger partial charge in [-0.3, -0.25) is 19.9 Å². The zero-order valence-electron chi connectivity index (χ0n) is 16.7. The first-order chi connectivity index (χ1) is 14.6. The van der Waals surface area contributed by atoms with E-state index in [0.717, 1.165) is 32.4 Å². The van der Waals surface area contributed by atoms with Gasteiger partial charge in [0, 0.05) is 25.4 Å². The van der Waals surface area contributed by atoms with Gasteiger partial charge in [-0.15, -0.1) is 0 Å². The molecule has 7 nitrogen and oxygen atoms in total. The first-order valence-corrected chi connectivity index (χ1v) is 10.2. The van der Waals surface area contributed by atoms with Gasteiger partial charge in [0.15, 0.2) is 0 Å². The van der Waals surface area contributed by atoms with Gasteiger partial charge in [0.2, 0.25) is 5.91 Å². The largest absolute Gasteiger partial charge is 0.374 e. The van der Waals surface area contributed by atoms with Crippen LogP contribution in [0.3, 0.4) is 0 Å². The van der Waals surface area contributed by atoms with Crippen LogP contribution in [0.1, 0.15) is 18.4 Å². The predicted octanol–water partition coefficient (Wildman–Crippen LogP) is 4.04. The molecular formula is C23H24N4O3. The molecule has 0 bridgehead atoms. The van der Waals surface area contributed by atoms with Crippen LogP contribution >= 0.6 is 0 Å². The molecule has 0 spiro atoms. The molecule has 3 aromatic rings. The number of carbonyl (C=O) groups is 1. The molecule has 1 amide bonds. The Morgan fingerprint density at radius 3 is 2.60 bits per heavy atom. The molecule has 30 heavy (non-hydrogen) atoms. The number of piperidine rings is 1. The molecule has 1 saturated heterocycles. The number of nitro benzene ring substituents is 1. The fourth-order valence-corrected chi connectivity index (χ4v) is 4.08. The molecule has 7 heteroatoms. The number of likely N-dealkylation sites (tertiary alicyclic amines) is 1. The van der Waals surface area contributed by atoms with E-state index in [4.69, 9.17) is 0 Å². The SMILES string of the molecule is O=C(CNc1ccc([N+](=O)[O-])c2cccnc12)N1CCC(Cc2ccccc2)CC1. The molecule has 1 fully saturated rings. The van der Waals surface area contributed by atoms with Gasteiger partial charge in [0.05, 0.1) is 22.5 Å². The molecule has 0 unspecified atom stereocenters. The summed E-state index contributed by atoms with van der Waals surface area (Å²) in [6.07, 6.45) is 4.66. The van der Waals surface area contributed by atoms with Gasteiger partial charge in [0.25, 0.3) is 5.69 Å². The van der Waals surface area contributed by atoms with Crippen LogP contribution in [-0.2, 0) is 11.2 Å². The molecule has 1 aliphatic rings. The van der Waals surface area contributed by atoms with Crippen LogP contribution in [0.2, 0.25) is 0 Å². The lowest BCUT2D eigenvalue weighted by Crippen LogP contribution is -2.41. The second kappa shape index (κ2) is 8.90. The number of hydrogen-bond donors (Lipinski definition) is 1. The summed E-state index contributed by atoms with van der Waals surface area (Å²) >= 11 is 0. The number of nitrogens with zero attached hydrogens (tertiary/aromatic N) is 3. The second-order valence-electron chi connectivity index (χ2n) is 7.66. The number of fused-ring (bicyclic) bond motifs is 1. The first-order valence-electron chi connectivity index (χ1n) is 10.2. The zero-order valence-corrected chi connectivity index (χ0v) is 16.7. The fourth-order valence-electron chi connectivity index (χ4n) is 4.08. The van der Waals surface area contributed by atoms with Crippen molar-refractivity contribution in [3.63, 3.8) is 0 Å². The molecule has 4 rings (SSSR count). The summed E-state index contributed by atoms with van der Waals surface area (Å²) in [7, 11) is 0. The number of aromatic nitrogens is 1. The van der Waals surface area contributed by atoms with Gasteiger partial charge in [-0.25, -0.2) is 0 Å². The minimum atomic E-state index is -0.418. The van der Waals surface area contributed by atoms with Gasteiger partial charge in [-0.05, 0) is 48.9 Å². The van der Waals surface area contributed by atoms with Gasteiger partial charge in [-0.1, -0.05) is 30.3 Å². The fraction of sp³-hybridized carbons (Fsp3) is 0.304. The number of carbonyl (C=O) groups excluding carboxylic acids is 1. The molecule has 0 saturated carbocycles. The quantitative estimate of drug-likeness (QED) is 0.495. The molecule has 0 atom stereocenters. The maximum Gasteiger partial charge on any atom is 0.278 e. The zero-order chi connectivity index (χ0) is 20.9. The third-order valence-electron chi connectivity index (χ3n) is 5.71. The van der Waals surface area contributed by atoms with Crippen LogP contribution in [0.15, 0.2) is 60.8 Å². The minimum absolute atomic E-state index is 0.00969. The van der Waals surface area contributed by atoms with Crippen molar-refractivity contribution < 1.29 is 9.72 Å². The lowest BCUT2D eigenvalue weighted by molar-refractivity contribution is -0.383. The van der Waals surface area contributed by atoms with Crippen molar-refractivity contribution in [3.05, 3.63) is 76.5 Å². The predicted molar refractivity (Wildman–Crippen MR) is 116 cm³/mol. The molecule has 2 heterocycles. The number of hydrogen-bond acceptors (Lipinski definition) is 5. The van der Waals surface area contributed by atoms with Crippen LogP contribution in [0, 0.1) is 16.0 Å². The summed E-state index contributed by atoms with van der Waals surface area (Å²) in [5.74, 6) is 0.642. The Hall–Kier alpha value is -3.48.